The lowest BCUT2D eigenvalue weighted by Gasteiger charge is -2.23. The molecule has 2 rings (SSSR count). The summed E-state index contributed by atoms with van der Waals surface area (Å²) in [6, 6.07) is 5.66. The molecule has 2 N–H and O–H groups in total. The van der Waals surface area contributed by atoms with Crippen molar-refractivity contribution < 1.29 is 14.3 Å². The fourth-order valence-corrected chi connectivity index (χ4v) is 1.82. The van der Waals surface area contributed by atoms with Crippen LogP contribution in [0.15, 0.2) is 18.2 Å². The van der Waals surface area contributed by atoms with Crippen LogP contribution < -0.4 is 10.5 Å². The molecule has 1 heterocycles. The molecule has 0 radical (unpaired) electrons. The number of carbonyl (C=O) groups excluding carboxylic acids is 1. The number of methoxy groups -OCH3 is 1. The Hall–Kier alpha value is -1.26. The van der Waals surface area contributed by atoms with Crippen LogP contribution in [0.2, 0.25) is 0 Å². The third-order valence-electron chi connectivity index (χ3n) is 2.74. The number of nitrogens with two attached hydrogens (primary N) is 1. The summed E-state index contributed by atoms with van der Waals surface area (Å²) in [5, 5.41) is 0. The van der Waals surface area contributed by atoms with Crippen LogP contribution in [0.5, 0.6) is 5.75 Å². The van der Waals surface area contributed by atoms with Gasteiger partial charge in [-0.15, -0.1) is 12.4 Å². The molecule has 0 aliphatic carbocycles. The van der Waals surface area contributed by atoms with Gasteiger partial charge in [-0.25, -0.2) is 0 Å². The number of fused-ring (bicyclic) bond motifs is 1. The van der Waals surface area contributed by atoms with Gasteiger partial charge >= 0.3 is 5.97 Å². The van der Waals surface area contributed by atoms with E-state index in [1.165, 1.54) is 7.11 Å². The molecule has 1 aliphatic heterocycles. The van der Waals surface area contributed by atoms with E-state index in [9.17, 15) is 4.79 Å². The summed E-state index contributed by atoms with van der Waals surface area (Å²) in [5.74, 6) is 0.581. The van der Waals surface area contributed by atoms with Crippen molar-refractivity contribution in [3.8, 4) is 5.75 Å². The van der Waals surface area contributed by atoms with E-state index < -0.39 is 0 Å². The maximum absolute atomic E-state index is 11.1. The number of hydrogen-bond acceptors (Lipinski definition) is 4. The first-order valence-electron chi connectivity index (χ1n) is 5.28. The normalized spacial score (nSPS) is 17.4. The molecule has 1 aliphatic rings. The van der Waals surface area contributed by atoms with E-state index in [4.69, 9.17) is 10.5 Å². The molecule has 0 saturated carbocycles. The first-order chi connectivity index (χ1) is 7.70. The van der Waals surface area contributed by atoms with Crippen molar-refractivity contribution in [2.45, 2.75) is 18.9 Å². The minimum Gasteiger partial charge on any atom is -0.493 e. The first-order valence-corrected chi connectivity index (χ1v) is 5.28. The Balaban J connectivity index is 0.00000144. The summed E-state index contributed by atoms with van der Waals surface area (Å²) in [5.41, 5.74) is 7.87. The zero-order valence-corrected chi connectivity index (χ0v) is 10.5. The number of rotatable bonds is 2. The summed E-state index contributed by atoms with van der Waals surface area (Å²) in [6.07, 6.45) is 1.09. The Morgan fingerprint density at radius 2 is 2.35 bits per heavy atom. The number of halogens is 1. The fraction of sp³-hybridized carbons (Fsp3) is 0.417. The highest BCUT2D eigenvalue weighted by molar-refractivity contribution is 5.85. The maximum Gasteiger partial charge on any atom is 0.309 e. The van der Waals surface area contributed by atoms with E-state index >= 15 is 0 Å². The van der Waals surface area contributed by atoms with Crippen LogP contribution in [-0.4, -0.2) is 19.7 Å². The zero-order valence-electron chi connectivity index (χ0n) is 9.64. The van der Waals surface area contributed by atoms with Gasteiger partial charge in [-0.3, -0.25) is 4.79 Å². The molecule has 1 aromatic rings. The largest absolute Gasteiger partial charge is 0.493 e. The molecule has 0 fully saturated rings. The monoisotopic (exact) mass is 257 g/mol. The van der Waals surface area contributed by atoms with Gasteiger partial charge in [-0.05, 0) is 17.7 Å². The van der Waals surface area contributed by atoms with Crippen LogP contribution in [0.1, 0.15) is 23.6 Å². The summed E-state index contributed by atoms with van der Waals surface area (Å²) in [7, 11) is 1.38. The van der Waals surface area contributed by atoms with Gasteiger partial charge in [0.1, 0.15) is 5.75 Å². The molecule has 94 valence electrons. The predicted molar refractivity (Wildman–Crippen MR) is 66.5 cm³/mol. The van der Waals surface area contributed by atoms with Gasteiger partial charge < -0.3 is 15.2 Å². The highest BCUT2D eigenvalue weighted by Gasteiger charge is 2.18. The first kappa shape index (κ1) is 13.8. The number of esters is 1. The second-order valence-electron chi connectivity index (χ2n) is 3.87. The molecular weight excluding hydrogens is 242 g/mol. The average molecular weight is 258 g/mol. The van der Waals surface area contributed by atoms with Gasteiger partial charge in [-0.1, -0.05) is 6.07 Å². The van der Waals surface area contributed by atoms with Crippen LogP contribution in [0.4, 0.5) is 0 Å². The van der Waals surface area contributed by atoms with Gasteiger partial charge in [0.15, 0.2) is 0 Å². The highest BCUT2D eigenvalue weighted by atomic mass is 35.5. The molecule has 0 bridgehead atoms. The van der Waals surface area contributed by atoms with E-state index in [1.807, 2.05) is 18.2 Å². The maximum atomic E-state index is 11.1. The minimum absolute atomic E-state index is 0. The lowest BCUT2D eigenvalue weighted by Crippen LogP contribution is -2.21. The SMILES string of the molecule is COC(=O)Cc1ccc2c(c1)[C@H](N)CCO2.Cl. The third kappa shape index (κ3) is 3.11. The van der Waals surface area contributed by atoms with Crippen molar-refractivity contribution in [2.24, 2.45) is 5.73 Å². The summed E-state index contributed by atoms with van der Waals surface area (Å²) >= 11 is 0. The smallest absolute Gasteiger partial charge is 0.309 e. The van der Waals surface area contributed by atoms with E-state index in [0.717, 1.165) is 23.3 Å². The Morgan fingerprint density at radius 1 is 1.59 bits per heavy atom. The molecule has 4 nitrogen and oxygen atoms in total. The van der Waals surface area contributed by atoms with Crippen molar-refractivity contribution in [2.75, 3.05) is 13.7 Å². The molecule has 1 atom stereocenters. The summed E-state index contributed by atoms with van der Waals surface area (Å²) in [4.78, 5) is 11.1. The summed E-state index contributed by atoms with van der Waals surface area (Å²) < 4.78 is 10.1. The zero-order chi connectivity index (χ0) is 11.5. The Bertz CT molecular complexity index is 409. The second-order valence-corrected chi connectivity index (χ2v) is 3.87. The van der Waals surface area contributed by atoms with Gasteiger partial charge in [0.2, 0.25) is 0 Å². The molecule has 17 heavy (non-hydrogen) atoms. The molecule has 1 aromatic carbocycles. The molecule has 0 saturated heterocycles. The second kappa shape index (κ2) is 5.89. The van der Waals surface area contributed by atoms with E-state index in [1.54, 1.807) is 0 Å². The molecule has 5 heteroatoms. The fourth-order valence-electron chi connectivity index (χ4n) is 1.82. The van der Waals surface area contributed by atoms with Gasteiger partial charge in [0, 0.05) is 18.0 Å². The van der Waals surface area contributed by atoms with Crippen LogP contribution in [0, 0.1) is 0 Å². The summed E-state index contributed by atoms with van der Waals surface area (Å²) in [6.45, 7) is 0.657. The van der Waals surface area contributed by atoms with Crippen molar-refractivity contribution in [1.29, 1.82) is 0 Å². The topological polar surface area (TPSA) is 61.5 Å². The van der Waals surface area contributed by atoms with Crippen molar-refractivity contribution in [3.63, 3.8) is 0 Å². The lowest BCUT2D eigenvalue weighted by molar-refractivity contribution is -0.139. The third-order valence-corrected chi connectivity index (χ3v) is 2.74. The number of benzene rings is 1. The lowest BCUT2D eigenvalue weighted by atomic mass is 9.98. The Labute approximate surface area is 106 Å². The molecular formula is C12H16ClNO3. The van der Waals surface area contributed by atoms with Crippen molar-refractivity contribution in [3.05, 3.63) is 29.3 Å². The van der Waals surface area contributed by atoms with E-state index in [2.05, 4.69) is 4.74 Å². The van der Waals surface area contributed by atoms with Gasteiger partial charge in [0.25, 0.3) is 0 Å². The molecule has 0 amide bonds. The van der Waals surface area contributed by atoms with Gasteiger partial charge in [0.05, 0.1) is 20.1 Å². The van der Waals surface area contributed by atoms with Crippen molar-refractivity contribution in [1.82, 2.24) is 0 Å². The quantitative estimate of drug-likeness (QED) is 0.818. The average Bonchev–Trinajstić information content (AvgIpc) is 2.30. The van der Waals surface area contributed by atoms with Gasteiger partial charge in [-0.2, -0.15) is 0 Å². The number of carbonyl (C=O) groups is 1. The Kier molecular flexibility index (Phi) is 4.78. The van der Waals surface area contributed by atoms with Crippen molar-refractivity contribution >= 4 is 18.4 Å². The minimum atomic E-state index is -0.245. The standard InChI is InChI=1S/C12H15NO3.ClH/c1-15-12(14)7-8-2-3-11-9(6-8)10(13)4-5-16-11;/h2-3,6,10H,4-5,7,13H2,1H3;1H/t10-;/m1./s1. The van der Waals surface area contributed by atoms with Crippen LogP contribution in [-0.2, 0) is 16.0 Å². The van der Waals surface area contributed by atoms with E-state index in [0.29, 0.717) is 6.61 Å². The van der Waals surface area contributed by atoms with E-state index in [-0.39, 0.29) is 30.8 Å². The molecule has 0 spiro atoms. The highest BCUT2D eigenvalue weighted by Crippen LogP contribution is 2.31. The molecule has 0 aromatic heterocycles. The molecule has 0 unspecified atom stereocenters. The predicted octanol–water partition coefficient (Wildman–Crippen LogP) is 1.61. The van der Waals surface area contributed by atoms with Crippen LogP contribution >= 0.6 is 12.4 Å². The number of ether oxygens (including phenoxy) is 2. The van der Waals surface area contributed by atoms with Crippen LogP contribution in [0.3, 0.4) is 0 Å². The Morgan fingerprint density at radius 3 is 3.06 bits per heavy atom. The number of hydrogen-bond donors (Lipinski definition) is 1. The van der Waals surface area contributed by atoms with Crippen LogP contribution in [0.25, 0.3) is 0 Å².